The topological polar surface area (TPSA) is 17.8 Å². The Labute approximate surface area is 53.3 Å². The van der Waals surface area contributed by atoms with Crippen molar-refractivity contribution in [3.05, 3.63) is 17.7 Å². The summed E-state index contributed by atoms with van der Waals surface area (Å²) < 4.78 is 13.7. The summed E-state index contributed by atoms with van der Waals surface area (Å²) in [6, 6.07) is 2.44. The third-order valence-corrected chi connectivity index (χ3v) is 1.08. The summed E-state index contributed by atoms with van der Waals surface area (Å²) in [4.78, 5) is 0. The van der Waals surface area contributed by atoms with Crippen molar-refractivity contribution in [2.24, 2.45) is 0 Å². The molecule has 0 amide bonds. The van der Waals surface area contributed by atoms with Crippen molar-refractivity contribution in [3.63, 3.8) is 0 Å². The van der Waals surface area contributed by atoms with Crippen LogP contribution in [0.15, 0.2) is 0 Å². The molecule has 1 heterocycles. The molecule has 0 saturated carbocycles. The van der Waals surface area contributed by atoms with Gasteiger partial charge in [0.05, 0.1) is 11.8 Å². The van der Waals surface area contributed by atoms with Gasteiger partial charge in [-0.3, -0.25) is 0 Å². The van der Waals surface area contributed by atoms with E-state index in [4.69, 9.17) is 0 Å². The van der Waals surface area contributed by atoms with Crippen LogP contribution in [-0.2, 0) is 6.54 Å². The maximum Gasteiger partial charge on any atom is 0.219 e. The minimum Gasteiger partial charge on any atom is -0.239 e. The molecule has 0 saturated heterocycles. The Balaban J connectivity index is 3.01. The number of nitrogens with zero attached hydrogens (tertiary/aromatic N) is 2. The second-order valence-corrected chi connectivity index (χ2v) is 1.82. The molecule has 0 N–H and O–H groups in total. The highest BCUT2D eigenvalue weighted by molar-refractivity contribution is 4.94. The van der Waals surface area contributed by atoms with Crippen LogP contribution in [0.1, 0.15) is 12.6 Å². The van der Waals surface area contributed by atoms with Gasteiger partial charge in [0.2, 0.25) is 5.95 Å². The standard InChI is InChI=1S/C6H8FN2/c1-3-9-6(7)4-5(2)8-9/h3H2,1-2H3. The van der Waals surface area contributed by atoms with Gasteiger partial charge in [0.1, 0.15) is 0 Å². The first-order chi connectivity index (χ1) is 4.24. The van der Waals surface area contributed by atoms with Crippen molar-refractivity contribution in [3.8, 4) is 0 Å². The summed E-state index contributed by atoms with van der Waals surface area (Å²) in [5.41, 5.74) is 0.606. The zero-order valence-corrected chi connectivity index (χ0v) is 5.48. The van der Waals surface area contributed by atoms with Crippen LogP contribution in [0, 0.1) is 18.9 Å². The highest BCUT2D eigenvalue weighted by Crippen LogP contribution is 1.98. The number of hydrogen-bond acceptors (Lipinski definition) is 1. The minimum atomic E-state index is -0.380. The van der Waals surface area contributed by atoms with E-state index in [1.807, 2.05) is 6.92 Å². The highest BCUT2D eigenvalue weighted by atomic mass is 19.1. The normalized spacial score (nSPS) is 10.1. The lowest BCUT2D eigenvalue weighted by Crippen LogP contribution is -1.98. The van der Waals surface area contributed by atoms with Gasteiger partial charge in [-0.15, -0.1) is 0 Å². The second-order valence-electron chi connectivity index (χ2n) is 1.82. The Morgan fingerprint density at radius 1 is 1.78 bits per heavy atom. The predicted octanol–water partition coefficient (Wildman–Crippen LogP) is 1.15. The molecule has 0 bridgehead atoms. The molecule has 9 heavy (non-hydrogen) atoms. The molecule has 0 aliphatic heterocycles. The third kappa shape index (κ3) is 1.09. The highest BCUT2D eigenvalue weighted by Gasteiger charge is 2.00. The van der Waals surface area contributed by atoms with Gasteiger partial charge in [-0.1, -0.05) is 0 Å². The van der Waals surface area contributed by atoms with Crippen LogP contribution in [-0.4, -0.2) is 9.78 Å². The molecule has 49 valence electrons. The molecule has 0 aromatic carbocycles. The fraction of sp³-hybridized carbons (Fsp3) is 0.500. The average molecular weight is 127 g/mol. The molecule has 0 aliphatic rings. The Morgan fingerprint density at radius 2 is 2.44 bits per heavy atom. The van der Waals surface area contributed by atoms with Gasteiger partial charge in [-0.25, -0.2) is 4.68 Å². The van der Waals surface area contributed by atoms with Crippen molar-refractivity contribution in [2.45, 2.75) is 20.4 Å². The van der Waals surface area contributed by atoms with Crippen LogP contribution in [0.5, 0.6) is 0 Å². The number of aryl methyl sites for hydroxylation is 2. The molecule has 2 nitrogen and oxygen atoms in total. The zero-order chi connectivity index (χ0) is 6.85. The Hall–Kier alpha value is -0.860. The van der Waals surface area contributed by atoms with E-state index in [1.165, 1.54) is 4.68 Å². The van der Waals surface area contributed by atoms with E-state index in [1.54, 1.807) is 6.92 Å². The smallest absolute Gasteiger partial charge is 0.219 e. The van der Waals surface area contributed by atoms with E-state index in [2.05, 4.69) is 11.2 Å². The van der Waals surface area contributed by atoms with Crippen molar-refractivity contribution >= 4 is 0 Å². The predicted molar refractivity (Wildman–Crippen MR) is 31.4 cm³/mol. The lowest BCUT2D eigenvalue weighted by Gasteiger charge is -1.91. The Kier molecular flexibility index (Phi) is 1.51. The average Bonchev–Trinajstić information content (AvgIpc) is 2.10. The van der Waals surface area contributed by atoms with E-state index in [0.717, 1.165) is 0 Å². The van der Waals surface area contributed by atoms with E-state index >= 15 is 0 Å². The quantitative estimate of drug-likeness (QED) is 0.553. The molecule has 3 heteroatoms. The fourth-order valence-corrected chi connectivity index (χ4v) is 0.673. The minimum absolute atomic E-state index is 0.380. The van der Waals surface area contributed by atoms with Crippen molar-refractivity contribution in [2.75, 3.05) is 0 Å². The maximum atomic E-state index is 12.5. The van der Waals surface area contributed by atoms with Crippen molar-refractivity contribution in [1.29, 1.82) is 0 Å². The van der Waals surface area contributed by atoms with Gasteiger partial charge in [0.15, 0.2) is 0 Å². The first-order valence-corrected chi connectivity index (χ1v) is 2.86. The number of hydrogen-bond donors (Lipinski definition) is 0. The van der Waals surface area contributed by atoms with Crippen LogP contribution in [0.3, 0.4) is 0 Å². The van der Waals surface area contributed by atoms with Gasteiger partial charge in [0.25, 0.3) is 0 Å². The summed E-state index contributed by atoms with van der Waals surface area (Å²) in [7, 11) is 0. The molecule has 1 aromatic rings. The lowest BCUT2D eigenvalue weighted by atomic mass is 10.5. The zero-order valence-electron chi connectivity index (χ0n) is 5.48. The first-order valence-electron chi connectivity index (χ1n) is 2.86. The molecular weight excluding hydrogens is 119 g/mol. The number of rotatable bonds is 1. The molecule has 0 unspecified atom stereocenters. The third-order valence-electron chi connectivity index (χ3n) is 1.08. The van der Waals surface area contributed by atoms with Crippen LogP contribution in [0.4, 0.5) is 4.39 Å². The van der Waals surface area contributed by atoms with Gasteiger partial charge < -0.3 is 0 Å². The molecule has 0 fully saturated rings. The summed E-state index contributed by atoms with van der Waals surface area (Å²) >= 11 is 0. The molecular formula is C6H8FN2. The van der Waals surface area contributed by atoms with Gasteiger partial charge in [0, 0.05) is 6.54 Å². The lowest BCUT2D eigenvalue weighted by molar-refractivity contribution is 0.469. The molecule has 0 aliphatic carbocycles. The molecule has 1 rings (SSSR count). The Morgan fingerprint density at radius 3 is 2.67 bits per heavy atom. The Bertz CT molecular complexity index is 205. The van der Waals surface area contributed by atoms with E-state index in [9.17, 15) is 4.39 Å². The van der Waals surface area contributed by atoms with Gasteiger partial charge in [-0.2, -0.15) is 9.49 Å². The summed E-state index contributed by atoms with van der Waals surface area (Å²) in [6.07, 6.45) is 0. The van der Waals surface area contributed by atoms with E-state index in [0.29, 0.717) is 12.2 Å². The van der Waals surface area contributed by atoms with Crippen molar-refractivity contribution < 1.29 is 4.39 Å². The molecule has 0 spiro atoms. The summed E-state index contributed by atoms with van der Waals surface area (Å²) in [5.74, 6) is -0.380. The largest absolute Gasteiger partial charge is 0.239 e. The number of aromatic nitrogens is 2. The van der Waals surface area contributed by atoms with Crippen molar-refractivity contribution in [1.82, 2.24) is 9.78 Å². The van der Waals surface area contributed by atoms with Crippen LogP contribution in [0.25, 0.3) is 0 Å². The fourth-order valence-electron chi connectivity index (χ4n) is 0.673. The van der Waals surface area contributed by atoms with Gasteiger partial charge in [-0.05, 0) is 13.8 Å². The van der Waals surface area contributed by atoms with Crippen LogP contribution < -0.4 is 0 Å². The van der Waals surface area contributed by atoms with E-state index < -0.39 is 0 Å². The van der Waals surface area contributed by atoms with Gasteiger partial charge >= 0.3 is 0 Å². The molecule has 0 atom stereocenters. The summed E-state index contributed by atoms with van der Waals surface area (Å²) in [6.45, 7) is 4.12. The molecule has 1 radical (unpaired) electrons. The van der Waals surface area contributed by atoms with Crippen LogP contribution in [0.2, 0.25) is 0 Å². The monoisotopic (exact) mass is 127 g/mol. The summed E-state index contributed by atoms with van der Waals surface area (Å²) in [5, 5.41) is 3.81. The second kappa shape index (κ2) is 2.17. The molecule has 1 aromatic heterocycles. The number of halogens is 1. The maximum absolute atomic E-state index is 12.5. The first kappa shape index (κ1) is 6.26. The SMILES string of the molecule is CCn1nc(C)[c]c1F. The van der Waals surface area contributed by atoms with Crippen LogP contribution >= 0.6 is 0 Å². The van der Waals surface area contributed by atoms with E-state index in [-0.39, 0.29) is 5.95 Å².